The first kappa shape index (κ1) is 19.7. The van der Waals surface area contributed by atoms with Crippen LogP contribution in [0.25, 0.3) is 34.2 Å². The van der Waals surface area contributed by atoms with Gasteiger partial charge in [0.25, 0.3) is 0 Å². The van der Waals surface area contributed by atoms with Crippen molar-refractivity contribution >= 4 is 23.1 Å². The molecular formula is C25H28N6. The number of aromatic nitrogens is 4. The SMILES string of the molecule is Cc1cc(CN2CCNCC2)ccc1-c1ccc2[nH]nc(/C=C/c3cnn(C)c3)c2c1. The number of aromatic amines is 1. The van der Waals surface area contributed by atoms with Gasteiger partial charge in [0, 0.05) is 56.9 Å². The predicted molar refractivity (Wildman–Crippen MR) is 127 cm³/mol. The Kier molecular flexibility index (Phi) is 5.40. The maximum atomic E-state index is 4.50. The maximum absolute atomic E-state index is 4.50. The predicted octanol–water partition coefficient (Wildman–Crippen LogP) is 3.85. The van der Waals surface area contributed by atoms with E-state index in [1.807, 2.05) is 31.6 Å². The van der Waals surface area contributed by atoms with E-state index in [1.54, 1.807) is 4.68 Å². The Morgan fingerprint density at radius 3 is 2.71 bits per heavy atom. The van der Waals surface area contributed by atoms with Gasteiger partial charge in [-0.25, -0.2) is 0 Å². The highest BCUT2D eigenvalue weighted by Crippen LogP contribution is 2.29. The summed E-state index contributed by atoms with van der Waals surface area (Å²) < 4.78 is 1.80. The van der Waals surface area contributed by atoms with E-state index in [0.717, 1.165) is 54.9 Å². The van der Waals surface area contributed by atoms with E-state index in [9.17, 15) is 0 Å². The Morgan fingerprint density at radius 2 is 1.94 bits per heavy atom. The Bertz CT molecular complexity index is 1230. The average Bonchev–Trinajstić information content (AvgIpc) is 3.38. The highest BCUT2D eigenvalue weighted by molar-refractivity contribution is 5.92. The average molecular weight is 413 g/mol. The Labute approximate surface area is 182 Å². The molecule has 31 heavy (non-hydrogen) atoms. The molecule has 6 nitrogen and oxygen atoms in total. The fraction of sp³-hybridized carbons (Fsp3) is 0.280. The van der Waals surface area contributed by atoms with Crippen LogP contribution >= 0.6 is 0 Å². The number of piperazine rings is 1. The third-order valence-corrected chi connectivity index (χ3v) is 5.97. The number of hydrogen-bond acceptors (Lipinski definition) is 4. The normalized spacial score (nSPS) is 15.3. The van der Waals surface area contributed by atoms with E-state index in [0.29, 0.717) is 0 Å². The van der Waals surface area contributed by atoms with Crippen LogP contribution in [-0.4, -0.2) is 51.1 Å². The molecule has 3 heterocycles. The smallest absolute Gasteiger partial charge is 0.0927 e. The van der Waals surface area contributed by atoms with Gasteiger partial charge in [0.05, 0.1) is 17.4 Å². The zero-order valence-electron chi connectivity index (χ0n) is 18.1. The molecule has 1 aliphatic heterocycles. The maximum Gasteiger partial charge on any atom is 0.0927 e. The summed E-state index contributed by atoms with van der Waals surface area (Å²) in [6.45, 7) is 7.63. The van der Waals surface area contributed by atoms with Crippen molar-refractivity contribution in [1.29, 1.82) is 0 Å². The zero-order chi connectivity index (χ0) is 21.2. The molecule has 2 aromatic heterocycles. The van der Waals surface area contributed by atoms with E-state index < -0.39 is 0 Å². The van der Waals surface area contributed by atoms with Crippen LogP contribution in [0.1, 0.15) is 22.4 Å². The van der Waals surface area contributed by atoms with E-state index in [2.05, 4.69) is 68.8 Å². The second-order valence-corrected chi connectivity index (χ2v) is 8.33. The number of benzene rings is 2. The molecular weight excluding hydrogens is 384 g/mol. The van der Waals surface area contributed by atoms with Crippen LogP contribution in [0.5, 0.6) is 0 Å². The first-order chi connectivity index (χ1) is 15.2. The fourth-order valence-electron chi connectivity index (χ4n) is 4.31. The molecule has 0 aliphatic carbocycles. The van der Waals surface area contributed by atoms with Crippen LogP contribution in [0.4, 0.5) is 0 Å². The summed E-state index contributed by atoms with van der Waals surface area (Å²) >= 11 is 0. The molecule has 0 spiro atoms. The third-order valence-electron chi connectivity index (χ3n) is 5.97. The molecule has 2 N–H and O–H groups in total. The number of fused-ring (bicyclic) bond motifs is 1. The van der Waals surface area contributed by atoms with Crippen LogP contribution < -0.4 is 5.32 Å². The van der Waals surface area contributed by atoms with Crippen LogP contribution in [0.3, 0.4) is 0 Å². The highest BCUT2D eigenvalue weighted by atomic mass is 15.2. The van der Waals surface area contributed by atoms with Crippen molar-refractivity contribution in [3.8, 4) is 11.1 Å². The molecule has 0 amide bonds. The quantitative estimate of drug-likeness (QED) is 0.523. The molecule has 5 rings (SSSR count). The van der Waals surface area contributed by atoms with E-state index in [-0.39, 0.29) is 0 Å². The van der Waals surface area contributed by atoms with Crippen LogP contribution in [-0.2, 0) is 13.6 Å². The summed E-state index contributed by atoms with van der Waals surface area (Å²) in [7, 11) is 1.92. The van der Waals surface area contributed by atoms with Gasteiger partial charge >= 0.3 is 0 Å². The molecule has 6 heteroatoms. The van der Waals surface area contributed by atoms with Crippen molar-refractivity contribution in [2.24, 2.45) is 7.05 Å². The molecule has 0 saturated carbocycles. The first-order valence-electron chi connectivity index (χ1n) is 10.8. The minimum Gasteiger partial charge on any atom is -0.314 e. The fourth-order valence-corrected chi connectivity index (χ4v) is 4.31. The van der Waals surface area contributed by atoms with E-state index in [4.69, 9.17) is 0 Å². The lowest BCUT2D eigenvalue weighted by Gasteiger charge is -2.27. The molecule has 0 bridgehead atoms. The monoisotopic (exact) mass is 412 g/mol. The van der Waals surface area contributed by atoms with Crippen molar-refractivity contribution in [3.05, 3.63) is 71.2 Å². The van der Waals surface area contributed by atoms with Gasteiger partial charge in [-0.1, -0.05) is 24.3 Å². The van der Waals surface area contributed by atoms with Crippen LogP contribution in [0.15, 0.2) is 48.8 Å². The summed E-state index contributed by atoms with van der Waals surface area (Å²) in [5.41, 5.74) is 8.23. The van der Waals surface area contributed by atoms with Crippen molar-refractivity contribution in [2.45, 2.75) is 13.5 Å². The van der Waals surface area contributed by atoms with Crippen molar-refractivity contribution in [3.63, 3.8) is 0 Å². The molecule has 158 valence electrons. The summed E-state index contributed by atoms with van der Waals surface area (Å²) in [4.78, 5) is 2.52. The van der Waals surface area contributed by atoms with E-state index >= 15 is 0 Å². The first-order valence-corrected chi connectivity index (χ1v) is 10.8. The largest absolute Gasteiger partial charge is 0.314 e. The van der Waals surface area contributed by atoms with Gasteiger partial charge in [-0.2, -0.15) is 10.2 Å². The van der Waals surface area contributed by atoms with Gasteiger partial charge in [0.2, 0.25) is 0 Å². The van der Waals surface area contributed by atoms with Gasteiger partial charge in [-0.15, -0.1) is 0 Å². The summed E-state index contributed by atoms with van der Waals surface area (Å²) in [5, 5.41) is 16.4. The Balaban J connectivity index is 1.41. The molecule has 2 aromatic carbocycles. The molecule has 4 aromatic rings. The molecule has 0 unspecified atom stereocenters. The summed E-state index contributed by atoms with van der Waals surface area (Å²) in [6, 6.07) is 13.4. The molecule has 0 atom stereocenters. The van der Waals surface area contributed by atoms with Gasteiger partial charge in [0.1, 0.15) is 0 Å². The number of nitrogens with zero attached hydrogens (tertiary/aromatic N) is 4. The zero-order valence-corrected chi connectivity index (χ0v) is 18.1. The number of hydrogen-bond donors (Lipinski definition) is 2. The lowest BCUT2D eigenvalue weighted by Crippen LogP contribution is -2.42. The van der Waals surface area contributed by atoms with E-state index in [1.165, 1.54) is 22.3 Å². The van der Waals surface area contributed by atoms with Crippen LogP contribution in [0, 0.1) is 6.92 Å². The molecule has 1 aliphatic rings. The van der Waals surface area contributed by atoms with Crippen molar-refractivity contribution < 1.29 is 0 Å². The van der Waals surface area contributed by atoms with Crippen molar-refractivity contribution in [2.75, 3.05) is 26.2 Å². The van der Waals surface area contributed by atoms with Crippen LogP contribution in [0.2, 0.25) is 0 Å². The van der Waals surface area contributed by atoms with Gasteiger partial charge in [-0.3, -0.25) is 14.7 Å². The lowest BCUT2D eigenvalue weighted by molar-refractivity contribution is 0.233. The van der Waals surface area contributed by atoms with Gasteiger partial charge < -0.3 is 5.32 Å². The topological polar surface area (TPSA) is 61.8 Å². The number of rotatable bonds is 5. The third kappa shape index (κ3) is 4.31. The number of aryl methyl sites for hydroxylation is 2. The Morgan fingerprint density at radius 1 is 1.06 bits per heavy atom. The Hall–Kier alpha value is -3.22. The summed E-state index contributed by atoms with van der Waals surface area (Å²) in [6.07, 6.45) is 7.93. The second kappa shape index (κ2) is 8.49. The van der Waals surface area contributed by atoms with Crippen molar-refractivity contribution in [1.82, 2.24) is 30.2 Å². The standard InChI is InChI=1S/C25H28N6/c1-18-13-19(17-31-11-9-26-10-12-31)3-6-22(18)21-5-8-25-23(14-21)24(28-29-25)7-4-20-15-27-30(2)16-20/h3-8,13-16,26H,9-12,17H2,1-2H3,(H,28,29)/b7-4+. The number of nitrogens with one attached hydrogen (secondary N) is 2. The second-order valence-electron chi connectivity index (χ2n) is 8.33. The summed E-state index contributed by atoms with van der Waals surface area (Å²) in [5.74, 6) is 0. The minimum absolute atomic E-state index is 0.939. The number of H-pyrrole nitrogens is 1. The highest BCUT2D eigenvalue weighted by Gasteiger charge is 2.12. The molecule has 1 fully saturated rings. The van der Waals surface area contributed by atoms with Gasteiger partial charge in [-0.05, 0) is 53.5 Å². The molecule has 1 saturated heterocycles. The van der Waals surface area contributed by atoms with Gasteiger partial charge in [0.15, 0.2) is 0 Å². The minimum atomic E-state index is 0.939. The molecule has 0 radical (unpaired) electrons. The lowest BCUT2D eigenvalue weighted by atomic mass is 9.97.